The summed E-state index contributed by atoms with van der Waals surface area (Å²) in [5, 5.41) is 17.9. The first-order valence-electron chi connectivity index (χ1n) is 27.9. The Balaban J connectivity index is 0.00000147. The highest BCUT2D eigenvalue weighted by Gasteiger charge is 2.33. The van der Waals surface area contributed by atoms with Gasteiger partial charge in [-0.25, -0.2) is 0 Å². The molecule has 2 N–H and O–H groups in total. The summed E-state index contributed by atoms with van der Waals surface area (Å²) in [6.45, 7) is 10.5. The standard InChI is InChI=1S/C29H50O10.C26H46O10/c1-5-7-9-11-13-15-25(30)34-19-23(38-28(33)16-14-12-10-8-6-2)20-35-26(31)17-18-27(32)36-21-24-22-37-29(3,4)39-24;1-3-5-7-9-11-13-23(29)34-19-22(36-26(32)14-12-10-8-6-4-2)20-35-25(31)16-15-24(30)33-18-21(28)17-27/h23-24H,5-22H2,1-4H3;21-22,27-28H,3-20H2,1-2H3. The van der Waals surface area contributed by atoms with Crippen LogP contribution in [0.4, 0.5) is 0 Å². The summed E-state index contributed by atoms with van der Waals surface area (Å²) < 4.78 is 52.5. The lowest BCUT2D eigenvalue weighted by atomic mass is 10.1. The highest BCUT2D eigenvalue weighted by atomic mass is 16.7. The van der Waals surface area contributed by atoms with E-state index in [1.54, 1.807) is 13.8 Å². The maximum Gasteiger partial charge on any atom is 0.306 e. The highest BCUT2D eigenvalue weighted by Crippen LogP contribution is 2.22. The monoisotopic (exact) mass is 1080 g/mol. The molecule has 0 aliphatic carbocycles. The summed E-state index contributed by atoms with van der Waals surface area (Å²) in [5.74, 6) is -4.99. The van der Waals surface area contributed by atoms with Crippen LogP contribution in [0.25, 0.3) is 0 Å². The smallest absolute Gasteiger partial charge is 0.306 e. The van der Waals surface area contributed by atoms with Gasteiger partial charge in [-0.15, -0.1) is 0 Å². The van der Waals surface area contributed by atoms with Crippen molar-refractivity contribution in [2.24, 2.45) is 0 Å². The minimum absolute atomic E-state index is 0.0394. The highest BCUT2D eigenvalue weighted by molar-refractivity contribution is 5.78. The van der Waals surface area contributed by atoms with Gasteiger partial charge in [0.2, 0.25) is 0 Å². The molecular weight excluding hydrogens is 981 g/mol. The number of carbonyl (C=O) groups excluding carboxylic acids is 8. The van der Waals surface area contributed by atoms with Crippen LogP contribution in [0.15, 0.2) is 0 Å². The fraction of sp³-hybridized carbons (Fsp3) is 0.855. The van der Waals surface area contributed by atoms with E-state index in [1.165, 1.54) is 0 Å². The molecule has 1 heterocycles. The molecule has 1 aliphatic heterocycles. The number of carbonyl (C=O) groups is 8. The molecule has 0 saturated carbocycles. The number of aliphatic hydroxyl groups excluding tert-OH is 2. The second kappa shape index (κ2) is 46.9. The zero-order valence-corrected chi connectivity index (χ0v) is 46.5. The Kier molecular flexibility index (Phi) is 44.1. The van der Waals surface area contributed by atoms with E-state index in [-0.39, 0.29) is 96.7 Å². The predicted molar refractivity (Wildman–Crippen MR) is 275 cm³/mol. The van der Waals surface area contributed by atoms with Gasteiger partial charge in [-0.05, 0) is 39.5 Å². The molecule has 75 heavy (non-hydrogen) atoms. The van der Waals surface area contributed by atoms with E-state index >= 15 is 0 Å². The van der Waals surface area contributed by atoms with E-state index in [2.05, 4.69) is 27.7 Å². The Morgan fingerprint density at radius 2 is 0.720 bits per heavy atom. The molecule has 0 spiro atoms. The van der Waals surface area contributed by atoms with Gasteiger partial charge in [0, 0.05) is 25.7 Å². The molecule has 1 saturated heterocycles. The van der Waals surface area contributed by atoms with Crippen LogP contribution in [0, 0.1) is 0 Å². The van der Waals surface area contributed by atoms with E-state index in [4.69, 9.17) is 57.6 Å². The Morgan fingerprint density at radius 3 is 1.03 bits per heavy atom. The van der Waals surface area contributed by atoms with Crippen LogP contribution in [-0.2, 0) is 85.7 Å². The molecule has 0 aromatic rings. The number of hydrogen-bond acceptors (Lipinski definition) is 20. The van der Waals surface area contributed by atoms with Gasteiger partial charge >= 0.3 is 47.8 Å². The average Bonchev–Trinajstić information content (AvgIpc) is 3.75. The molecule has 4 atom stereocenters. The Morgan fingerprint density at radius 1 is 0.427 bits per heavy atom. The summed E-state index contributed by atoms with van der Waals surface area (Å²) in [6, 6.07) is 0. The quantitative estimate of drug-likeness (QED) is 0.0328. The van der Waals surface area contributed by atoms with Crippen molar-refractivity contribution in [2.75, 3.05) is 52.9 Å². The minimum Gasteiger partial charge on any atom is -0.463 e. The topological polar surface area (TPSA) is 269 Å². The fourth-order valence-corrected chi connectivity index (χ4v) is 7.07. The summed E-state index contributed by atoms with van der Waals surface area (Å²) >= 11 is 0. The van der Waals surface area contributed by atoms with Gasteiger partial charge in [-0.1, -0.05) is 130 Å². The second-order valence-corrected chi connectivity index (χ2v) is 19.3. The first-order valence-corrected chi connectivity index (χ1v) is 27.9. The van der Waals surface area contributed by atoms with Crippen molar-refractivity contribution in [2.45, 2.75) is 252 Å². The van der Waals surface area contributed by atoms with Gasteiger partial charge in [0.15, 0.2) is 18.0 Å². The van der Waals surface area contributed by atoms with E-state index in [0.29, 0.717) is 25.9 Å². The molecule has 436 valence electrons. The van der Waals surface area contributed by atoms with Gasteiger partial charge in [0.1, 0.15) is 51.8 Å². The molecule has 1 rings (SSSR count). The molecule has 1 fully saturated rings. The fourth-order valence-electron chi connectivity index (χ4n) is 7.07. The number of unbranched alkanes of at least 4 members (excludes halogenated alkanes) is 16. The number of hydrogen-bond donors (Lipinski definition) is 2. The largest absolute Gasteiger partial charge is 0.463 e. The van der Waals surface area contributed by atoms with Crippen LogP contribution in [0.3, 0.4) is 0 Å². The van der Waals surface area contributed by atoms with Gasteiger partial charge in [-0.3, -0.25) is 38.4 Å². The van der Waals surface area contributed by atoms with Crippen LogP contribution >= 0.6 is 0 Å². The summed E-state index contributed by atoms with van der Waals surface area (Å²) in [5.41, 5.74) is 0. The molecule has 1 aliphatic rings. The van der Waals surface area contributed by atoms with Crippen molar-refractivity contribution in [1.29, 1.82) is 0 Å². The Bertz CT molecular complexity index is 1550. The molecule has 4 unspecified atom stereocenters. The zero-order valence-electron chi connectivity index (χ0n) is 46.5. The lowest BCUT2D eigenvalue weighted by molar-refractivity contribution is -0.167. The molecule has 20 heteroatoms. The Hall–Kier alpha value is -4.40. The molecular formula is C55H96O20. The molecule has 0 aromatic carbocycles. The molecule has 20 nitrogen and oxygen atoms in total. The number of rotatable bonds is 45. The van der Waals surface area contributed by atoms with Gasteiger partial charge in [0.25, 0.3) is 0 Å². The van der Waals surface area contributed by atoms with Crippen molar-refractivity contribution in [3.63, 3.8) is 0 Å². The number of esters is 8. The molecule has 0 amide bonds. The maximum atomic E-state index is 12.3. The van der Waals surface area contributed by atoms with E-state index in [9.17, 15) is 38.4 Å². The van der Waals surface area contributed by atoms with E-state index < -0.39 is 72.5 Å². The van der Waals surface area contributed by atoms with Crippen molar-refractivity contribution in [3.8, 4) is 0 Å². The maximum absolute atomic E-state index is 12.3. The van der Waals surface area contributed by atoms with Gasteiger partial charge in [0.05, 0.1) is 38.9 Å². The first-order chi connectivity index (χ1) is 36.0. The predicted octanol–water partition coefficient (Wildman–Crippen LogP) is 8.56. The van der Waals surface area contributed by atoms with Crippen molar-refractivity contribution >= 4 is 47.8 Å². The molecule has 0 radical (unpaired) electrons. The Labute approximate surface area is 446 Å². The molecule has 0 aromatic heterocycles. The van der Waals surface area contributed by atoms with Crippen molar-refractivity contribution in [1.82, 2.24) is 0 Å². The van der Waals surface area contributed by atoms with Crippen LogP contribution in [0.1, 0.15) is 221 Å². The summed E-state index contributed by atoms with van der Waals surface area (Å²) in [6.07, 6.45) is 16.6. The third-order valence-electron chi connectivity index (χ3n) is 11.5. The average molecular weight is 1080 g/mol. The van der Waals surface area contributed by atoms with Crippen molar-refractivity contribution in [3.05, 3.63) is 0 Å². The van der Waals surface area contributed by atoms with Crippen LogP contribution in [0.5, 0.6) is 0 Å². The van der Waals surface area contributed by atoms with E-state index in [1.807, 2.05) is 0 Å². The SMILES string of the molecule is CCCCCCCC(=O)OCC(COC(=O)CCC(=O)OCC(O)CO)OC(=O)CCCCCCC.CCCCCCCC(=O)OCC(COC(=O)CCC(=O)OCC1COC(C)(C)O1)OC(=O)CCCCCCC. The number of aliphatic hydroxyl groups is 2. The second-order valence-electron chi connectivity index (χ2n) is 19.3. The van der Waals surface area contributed by atoms with Crippen LogP contribution < -0.4 is 0 Å². The lowest BCUT2D eigenvalue weighted by Gasteiger charge is -2.18. The first kappa shape index (κ1) is 70.6. The van der Waals surface area contributed by atoms with E-state index in [0.717, 1.165) is 116 Å². The van der Waals surface area contributed by atoms with Gasteiger partial charge < -0.3 is 57.6 Å². The minimum atomic E-state index is -1.18. The normalized spacial score (nSPS) is 14.7. The number of ether oxygens (including phenoxy) is 10. The van der Waals surface area contributed by atoms with Crippen LogP contribution in [-0.4, -0.2) is 141 Å². The lowest BCUT2D eigenvalue weighted by Crippen LogP contribution is -2.31. The molecule has 0 bridgehead atoms. The summed E-state index contributed by atoms with van der Waals surface area (Å²) in [4.78, 5) is 96.4. The third kappa shape index (κ3) is 44.4. The third-order valence-corrected chi connectivity index (χ3v) is 11.5. The van der Waals surface area contributed by atoms with Crippen molar-refractivity contribution < 1.29 is 95.9 Å². The summed E-state index contributed by atoms with van der Waals surface area (Å²) in [7, 11) is 0. The van der Waals surface area contributed by atoms with Gasteiger partial charge in [-0.2, -0.15) is 0 Å². The van der Waals surface area contributed by atoms with Crippen LogP contribution in [0.2, 0.25) is 0 Å². The zero-order chi connectivity index (χ0) is 56.0.